The van der Waals surface area contributed by atoms with Gasteiger partial charge in [0.25, 0.3) is 0 Å². The standard InChI is InChI=1S/C24H23F3N6O3/c1-15-14-33(23(34)32-20-12-28-13-21(31-20)35-2)7-6-17(15)8-16-4-3-5-19(9-16)36-22-29-10-18(11-30-22)24(25,26)27/h3-5,8-13,15H,6-7,14H2,1-2H3,(H,31,32,34). The summed E-state index contributed by atoms with van der Waals surface area (Å²) in [7, 11) is 1.47. The molecule has 2 aromatic heterocycles. The molecule has 1 N–H and O–H groups in total. The van der Waals surface area contributed by atoms with Crippen molar-refractivity contribution in [3.8, 4) is 17.6 Å². The number of carbonyl (C=O) groups is 1. The minimum Gasteiger partial charge on any atom is -0.480 e. The second-order valence-corrected chi connectivity index (χ2v) is 8.12. The molecule has 0 aliphatic carbocycles. The third-order valence-electron chi connectivity index (χ3n) is 5.52. The van der Waals surface area contributed by atoms with Crippen LogP contribution < -0.4 is 14.8 Å². The molecule has 3 aromatic rings. The number of hydrogen-bond donors (Lipinski definition) is 1. The van der Waals surface area contributed by atoms with Gasteiger partial charge in [-0.25, -0.2) is 14.8 Å². The summed E-state index contributed by atoms with van der Waals surface area (Å²) < 4.78 is 48.6. The number of benzene rings is 1. The van der Waals surface area contributed by atoms with Crippen LogP contribution in [0.5, 0.6) is 17.6 Å². The number of piperidine rings is 1. The van der Waals surface area contributed by atoms with Crippen LogP contribution in [0.4, 0.5) is 23.8 Å². The Morgan fingerprint density at radius 1 is 1.19 bits per heavy atom. The summed E-state index contributed by atoms with van der Waals surface area (Å²) in [6.45, 7) is 3.08. The largest absolute Gasteiger partial charge is 0.480 e. The molecule has 1 unspecified atom stereocenters. The van der Waals surface area contributed by atoms with E-state index in [2.05, 4.69) is 25.3 Å². The summed E-state index contributed by atoms with van der Waals surface area (Å²) in [5, 5.41) is 2.74. The van der Waals surface area contributed by atoms with Crippen molar-refractivity contribution in [2.24, 2.45) is 5.92 Å². The van der Waals surface area contributed by atoms with E-state index >= 15 is 0 Å². The van der Waals surface area contributed by atoms with Gasteiger partial charge in [0.05, 0.1) is 25.1 Å². The monoisotopic (exact) mass is 500 g/mol. The fourth-order valence-corrected chi connectivity index (χ4v) is 3.65. The molecule has 9 nitrogen and oxygen atoms in total. The van der Waals surface area contributed by atoms with Gasteiger partial charge in [0.2, 0.25) is 5.88 Å². The van der Waals surface area contributed by atoms with Gasteiger partial charge in [0, 0.05) is 25.5 Å². The molecule has 1 atom stereocenters. The Labute approximate surface area is 205 Å². The number of urea groups is 1. The lowest BCUT2D eigenvalue weighted by Crippen LogP contribution is -2.42. The van der Waals surface area contributed by atoms with Crippen molar-refractivity contribution in [1.82, 2.24) is 24.8 Å². The van der Waals surface area contributed by atoms with Crippen LogP contribution >= 0.6 is 0 Å². The van der Waals surface area contributed by atoms with Crippen molar-refractivity contribution in [2.45, 2.75) is 19.5 Å². The van der Waals surface area contributed by atoms with Gasteiger partial charge in [-0.1, -0.05) is 30.7 Å². The van der Waals surface area contributed by atoms with E-state index in [1.165, 1.54) is 19.5 Å². The van der Waals surface area contributed by atoms with E-state index in [1.807, 2.05) is 19.1 Å². The molecule has 1 aliphatic heterocycles. The van der Waals surface area contributed by atoms with Crippen LogP contribution in [0.2, 0.25) is 0 Å². The van der Waals surface area contributed by atoms with Crippen molar-refractivity contribution in [3.05, 3.63) is 65.8 Å². The van der Waals surface area contributed by atoms with Crippen LogP contribution in [0.3, 0.4) is 0 Å². The summed E-state index contributed by atoms with van der Waals surface area (Å²) in [4.78, 5) is 29.8. The molecule has 4 rings (SSSR count). The summed E-state index contributed by atoms with van der Waals surface area (Å²) in [5.41, 5.74) is 1.06. The number of nitrogens with zero attached hydrogens (tertiary/aromatic N) is 5. The lowest BCUT2D eigenvalue weighted by molar-refractivity contribution is -0.138. The Bertz CT molecular complexity index is 1250. The number of nitrogens with one attached hydrogen (secondary N) is 1. The molecule has 1 saturated heterocycles. The van der Waals surface area contributed by atoms with Crippen LogP contribution in [0.15, 0.2) is 54.6 Å². The number of rotatable bonds is 5. The third kappa shape index (κ3) is 6.26. The number of hydrogen-bond acceptors (Lipinski definition) is 7. The number of amides is 2. The highest BCUT2D eigenvalue weighted by molar-refractivity contribution is 5.88. The van der Waals surface area contributed by atoms with E-state index in [0.717, 1.165) is 11.1 Å². The molecule has 0 spiro atoms. The molecule has 188 valence electrons. The number of methoxy groups -OCH3 is 1. The number of halogens is 3. The Morgan fingerprint density at radius 3 is 2.67 bits per heavy atom. The van der Waals surface area contributed by atoms with Crippen LogP contribution in [0.25, 0.3) is 6.08 Å². The average molecular weight is 500 g/mol. The minimum absolute atomic E-state index is 0.101. The first-order valence-electron chi connectivity index (χ1n) is 11.0. The van der Waals surface area contributed by atoms with Gasteiger partial charge in [-0.3, -0.25) is 10.3 Å². The molecule has 0 bridgehead atoms. The SMILES string of the molecule is COc1cncc(NC(=O)N2CCC(=Cc3cccc(Oc4ncc(C(F)(F)F)cn4)c3)C(C)C2)n1. The van der Waals surface area contributed by atoms with Crippen molar-refractivity contribution in [3.63, 3.8) is 0 Å². The van der Waals surface area contributed by atoms with E-state index in [4.69, 9.17) is 9.47 Å². The van der Waals surface area contributed by atoms with Gasteiger partial charge in [-0.15, -0.1) is 0 Å². The summed E-state index contributed by atoms with van der Waals surface area (Å²) in [6.07, 6.45) is 2.44. The summed E-state index contributed by atoms with van der Waals surface area (Å²) >= 11 is 0. The van der Waals surface area contributed by atoms with Crippen LogP contribution in [-0.2, 0) is 6.18 Å². The number of ether oxygens (including phenoxy) is 2. The first-order valence-corrected chi connectivity index (χ1v) is 11.0. The van der Waals surface area contributed by atoms with Gasteiger partial charge >= 0.3 is 18.2 Å². The molecule has 0 radical (unpaired) electrons. The van der Waals surface area contributed by atoms with Gasteiger partial charge in [0.1, 0.15) is 5.75 Å². The Balaban J connectivity index is 1.38. The Hall–Kier alpha value is -4.22. The normalized spacial score (nSPS) is 17.1. The second-order valence-electron chi connectivity index (χ2n) is 8.12. The minimum atomic E-state index is -4.51. The lowest BCUT2D eigenvalue weighted by atomic mass is 9.91. The first kappa shape index (κ1) is 24.9. The molecule has 1 aromatic carbocycles. The summed E-state index contributed by atoms with van der Waals surface area (Å²) in [5.74, 6) is 1.11. The van der Waals surface area contributed by atoms with Crippen molar-refractivity contribution in [1.29, 1.82) is 0 Å². The molecule has 1 aliphatic rings. The third-order valence-corrected chi connectivity index (χ3v) is 5.52. The topological polar surface area (TPSA) is 102 Å². The first-order chi connectivity index (χ1) is 17.2. The molecule has 1 fully saturated rings. The Morgan fingerprint density at radius 2 is 1.97 bits per heavy atom. The number of alkyl halides is 3. The van der Waals surface area contributed by atoms with E-state index < -0.39 is 11.7 Å². The van der Waals surface area contributed by atoms with Crippen LogP contribution in [0, 0.1) is 5.92 Å². The molecule has 3 heterocycles. The highest BCUT2D eigenvalue weighted by Crippen LogP contribution is 2.30. The molecule has 36 heavy (non-hydrogen) atoms. The maximum absolute atomic E-state index is 12.7. The van der Waals surface area contributed by atoms with Gasteiger partial charge in [0.15, 0.2) is 5.82 Å². The second kappa shape index (κ2) is 10.6. The lowest BCUT2D eigenvalue weighted by Gasteiger charge is -2.33. The molecule has 12 heteroatoms. The highest BCUT2D eigenvalue weighted by atomic mass is 19.4. The zero-order valence-electron chi connectivity index (χ0n) is 19.5. The van der Waals surface area contributed by atoms with E-state index in [1.54, 1.807) is 23.1 Å². The maximum Gasteiger partial charge on any atom is 0.419 e. The number of anilines is 1. The fraction of sp³-hybridized carbons (Fsp3) is 0.292. The zero-order chi connectivity index (χ0) is 25.7. The molecule has 2 amide bonds. The maximum atomic E-state index is 12.7. The van der Waals surface area contributed by atoms with Gasteiger partial charge in [-0.2, -0.15) is 18.2 Å². The fourth-order valence-electron chi connectivity index (χ4n) is 3.65. The van der Waals surface area contributed by atoms with Crippen molar-refractivity contribution < 1.29 is 27.4 Å². The smallest absolute Gasteiger partial charge is 0.419 e. The number of carbonyl (C=O) groups excluding carboxylic acids is 1. The highest BCUT2D eigenvalue weighted by Gasteiger charge is 2.31. The molecular weight excluding hydrogens is 477 g/mol. The molecular formula is C24H23F3N6O3. The predicted molar refractivity (Wildman–Crippen MR) is 124 cm³/mol. The average Bonchev–Trinajstić information content (AvgIpc) is 2.85. The van der Waals surface area contributed by atoms with Crippen molar-refractivity contribution in [2.75, 3.05) is 25.5 Å². The van der Waals surface area contributed by atoms with Gasteiger partial charge < -0.3 is 14.4 Å². The van der Waals surface area contributed by atoms with Crippen LogP contribution in [0.1, 0.15) is 24.5 Å². The van der Waals surface area contributed by atoms with Crippen LogP contribution in [-0.4, -0.2) is 51.1 Å². The van der Waals surface area contributed by atoms with E-state index in [-0.39, 0.29) is 18.0 Å². The van der Waals surface area contributed by atoms with Crippen molar-refractivity contribution >= 4 is 17.9 Å². The number of aromatic nitrogens is 4. The zero-order valence-corrected chi connectivity index (χ0v) is 19.5. The van der Waals surface area contributed by atoms with Gasteiger partial charge in [-0.05, 0) is 30.0 Å². The molecule has 0 saturated carbocycles. The predicted octanol–water partition coefficient (Wildman–Crippen LogP) is 5.04. The Kier molecular flexibility index (Phi) is 7.32. The van der Waals surface area contributed by atoms with E-state index in [0.29, 0.717) is 49.4 Å². The van der Waals surface area contributed by atoms with E-state index in [9.17, 15) is 18.0 Å². The number of likely N-dealkylation sites (tertiary alicyclic amines) is 1. The quantitative estimate of drug-likeness (QED) is 0.523. The summed E-state index contributed by atoms with van der Waals surface area (Å²) in [6, 6.07) is 6.63.